The van der Waals surface area contributed by atoms with E-state index >= 15 is 0 Å². The molecule has 0 atom stereocenters. The summed E-state index contributed by atoms with van der Waals surface area (Å²) in [6, 6.07) is 4.64. The van der Waals surface area contributed by atoms with E-state index < -0.39 is 17.6 Å². The Hall–Kier alpha value is -1.31. The van der Waals surface area contributed by atoms with Gasteiger partial charge in [0.1, 0.15) is 5.15 Å². The van der Waals surface area contributed by atoms with Crippen molar-refractivity contribution < 1.29 is 18.0 Å². The normalized spacial score (nSPS) is 11.4. The first-order valence-electron chi connectivity index (χ1n) is 5.67. The summed E-state index contributed by atoms with van der Waals surface area (Å²) in [7, 11) is 0. The van der Waals surface area contributed by atoms with E-state index in [1.807, 2.05) is 0 Å². The highest BCUT2D eigenvalue weighted by Gasteiger charge is 2.33. The maximum absolute atomic E-state index is 12.8. The van der Waals surface area contributed by atoms with E-state index in [1.54, 1.807) is 0 Å². The maximum Gasteiger partial charge on any atom is 0.417 e. The Kier molecular flexibility index (Phi) is 4.99. The Labute approximate surface area is 141 Å². The van der Waals surface area contributed by atoms with Gasteiger partial charge < -0.3 is 5.32 Å². The Morgan fingerprint density at radius 3 is 2.50 bits per heavy atom. The Bertz CT molecular complexity index is 738. The third-order valence-electron chi connectivity index (χ3n) is 2.59. The third-order valence-corrected chi connectivity index (χ3v) is 3.97. The van der Waals surface area contributed by atoms with E-state index in [4.69, 9.17) is 23.2 Å². The number of nitrogens with one attached hydrogen (secondary N) is 1. The number of amides is 1. The van der Waals surface area contributed by atoms with Crippen molar-refractivity contribution in [1.82, 2.24) is 4.98 Å². The van der Waals surface area contributed by atoms with Gasteiger partial charge in [-0.2, -0.15) is 13.2 Å². The van der Waals surface area contributed by atoms with Crippen molar-refractivity contribution in [3.05, 3.63) is 56.2 Å². The monoisotopic (exact) mass is 412 g/mol. The number of nitrogens with zero attached hydrogens (tertiary/aromatic N) is 1. The van der Waals surface area contributed by atoms with Crippen molar-refractivity contribution in [2.45, 2.75) is 6.18 Å². The lowest BCUT2D eigenvalue weighted by molar-refractivity contribution is -0.138. The summed E-state index contributed by atoms with van der Waals surface area (Å²) in [5, 5.41) is 2.44. The van der Waals surface area contributed by atoms with Crippen molar-refractivity contribution >= 4 is 50.7 Å². The van der Waals surface area contributed by atoms with Gasteiger partial charge in [-0.05, 0) is 24.3 Å². The summed E-state index contributed by atoms with van der Waals surface area (Å²) in [5.41, 5.74) is -0.824. The zero-order chi connectivity index (χ0) is 16.5. The Morgan fingerprint density at radius 1 is 1.23 bits per heavy atom. The summed E-state index contributed by atoms with van der Waals surface area (Å²) in [6.45, 7) is 0. The molecule has 0 aliphatic rings. The van der Waals surface area contributed by atoms with Crippen LogP contribution in [0.25, 0.3) is 0 Å². The van der Waals surface area contributed by atoms with Crippen molar-refractivity contribution in [1.29, 1.82) is 0 Å². The highest BCUT2D eigenvalue weighted by molar-refractivity contribution is 9.10. The number of carbonyl (C=O) groups is 1. The molecule has 1 aromatic heterocycles. The molecule has 0 saturated carbocycles. The molecule has 2 rings (SSSR count). The van der Waals surface area contributed by atoms with E-state index in [0.29, 0.717) is 0 Å². The van der Waals surface area contributed by atoms with Gasteiger partial charge in [0.15, 0.2) is 0 Å². The number of pyridine rings is 1. The number of hydrogen-bond acceptors (Lipinski definition) is 2. The molecule has 1 heterocycles. The molecule has 0 aliphatic heterocycles. The van der Waals surface area contributed by atoms with Crippen molar-refractivity contribution in [2.75, 3.05) is 5.32 Å². The second kappa shape index (κ2) is 6.44. The molecule has 0 radical (unpaired) electrons. The lowest BCUT2D eigenvalue weighted by Crippen LogP contribution is -2.14. The summed E-state index contributed by atoms with van der Waals surface area (Å²) >= 11 is 14.2. The van der Waals surface area contributed by atoms with Gasteiger partial charge in [-0.15, -0.1) is 0 Å². The fraction of sp³-hybridized carbons (Fsp3) is 0.0769. The number of alkyl halides is 3. The minimum atomic E-state index is -4.54. The molecule has 9 heteroatoms. The van der Waals surface area contributed by atoms with Gasteiger partial charge in [0.25, 0.3) is 5.91 Å². The first kappa shape index (κ1) is 17.1. The van der Waals surface area contributed by atoms with E-state index in [2.05, 4.69) is 26.2 Å². The summed E-state index contributed by atoms with van der Waals surface area (Å²) in [5.74, 6) is -0.651. The molecule has 0 fully saturated rings. The predicted octanol–water partition coefficient (Wildman–Crippen LogP) is 5.42. The lowest BCUT2D eigenvalue weighted by atomic mass is 10.2. The number of halogens is 6. The van der Waals surface area contributed by atoms with Crippen molar-refractivity contribution in [3.63, 3.8) is 0 Å². The third kappa shape index (κ3) is 3.91. The molecule has 0 saturated heterocycles. The first-order chi connectivity index (χ1) is 10.2. The van der Waals surface area contributed by atoms with Gasteiger partial charge in [-0.3, -0.25) is 4.79 Å². The first-order valence-corrected chi connectivity index (χ1v) is 7.22. The number of hydrogen-bond donors (Lipinski definition) is 1. The molecule has 0 spiro atoms. The molecular weight excluding hydrogens is 408 g/mol. The minimum Gasteiger partial charge on any atom is -0.322 e. The largest absolute Gasteiger partial charge is 0.417 e. The zero-order valence-electron chi connectivity index (χ0n) is 10.5. The number of benzene rings is 1. The molecule has 2 aromatic rings. The molecule has 1 aromatic carbocycles. The standard InChI is InChI=1S/C13H6BrCl2F3N2O/c14-9-2-1-7(4-8(9)13(17,18)19)21-12(22)6-3-10(15)11(16)20-5-6/h1-5H,(H,21,22). The van der Waals surface area contributed by atoms with Crippen LogP contribution >= 0.6 is 39.1 Å². The van der Waals surface area contributed by atoms with Crippen LogP contribution in [0.5, 0.6) is 0 Å². The average Bonchev–Trinajstić information content (AvgIpc) is 2.42. The van der Waals surface area contributed by atoms with E-state index in [0.717, 1.165) is 6.07 Å². The summed E-state index contributed by atoms with van der Waals surface area (Å²) in [6.07, 6.45) is -3.36. The van der Waals surface area contributed by atoms with Crippen LogP contribution in [0.15, 0.2) is 34.9 Å². The lowest BCUT2D eigenvalue weighted by Gasteiger charge is -2.12. The van der Waals surface area contributed by atoms with Gasteiger partial charge >= 0.3 is 6.18 Å². The van der Waals surface area contributed by atoms with Crippen LogP contribution in [0.3, 0.4) is 0 Å². The van der Waals surface area contributed by atoms with Gasteiger partial charge in [0.05, 0.1) is 16.1 Å². The van der Waals surface area contributed by atoms with Crippen LogP contribution < -0.4 is 5.32 Å². The fourth-order valence-corrected chi connectivity index (χ4v) is 2.31. The summed E-state index contributed by atoms with van der Waals surface area (Å²) < 4.78 is 38.3. The molecule has 0 unspecified atom stereocenters. The minimum absolute atomic E-state index is 0.00778. The van der Waals surface area contributed by atoms with Crippen LogP contribution in [-0.4, -0.2) is 10.9 Å². The van der Waals surface area contributed by atoms with E-state index in [-0.39, 0.29) is 25.9 Å². The van der Waals surface area contributed by atoms with Crippen molar-refractivity contribution in [3.8, 4) is 0 Å². The van der Waals surface area contributed by atoms with Crippen LogP contribution in [0.2, 0.25) is 10.2 Å². The number of anilines is 1. The van der Waals surface area contributed by atoms with Crippen LogP contribution in [0.1, 0.15) is 15.9 Å². The maximum atomic E-state index is 12.8. The van der Waals surface area contributed by atoms with Crippen LogP contribution in [0.4, 0.5) is 18.9 Å². The van der Waals surface area contributed by atoms with Crippen molar-refractivity contribution in [2.24, 2.45) is 0 Å². The topological polar surface area (TPSA) is 42.0 Å². The molecule has 0 bridgehead atoms. The Morgan fingerprint density at radius 2 is 1.91 bits per heavy atom. The quantitative estimate of drug-likeness (QED) is 0.667. The smallest absolute Gasteiger partial charge is 0.322 e. The van der Waals surface area contributed by atoms with Gasteiger partial charge in [-0.1, -0.05) is 39.1 Å². The molecule has 22 heavy (non-hydrogen) atoms. The van der Waals surface area contributed by atoms with Gasteiger partial charge in [0, 0.05) is 16.4 Å². The molecule has 1 N–H and O–H groups in total. The van der Waals surface area contributed by atoms with Gasteiger partial charge in [0.2, 0.25) is 0 Å². The average molecular weight is 414 g/mol. The van der Waals surface area contributed by atoms with Crippen LogP contribution in [0, 0.1) is 0 Å². The fourth-order valence-electron chi connectivity index (χ4n) is 1.57. The second-order valence-corrected chi connectivity index (χ2v) is 5.76. The van der Waals surface area contributed by atoms with Gasteiger partial charge in [-0.25, -0.2) is 4.98 Å². The molecule has 3 nitrogen and oxygen atoms in total. The Balaban J connectivity index is 2.27. The highest BCUT2D eigenvalue weighted by Crippen LogP contribution is 2.36. The van der Waals surface area contributed by atoms with E-state index in [9.17, 15) is 18.0 Å². The number of aromatic nitrogens is 1. The number of rotatable bonds is 2. The second-order valence-electron chi connectivity index (χ2n) is 4.14. The van der Waals surface area contributed by atoms with E-state index in [1.165, 1.54) is 24.4 Å². The SMILES string of the molecule is O=C(Nc1ccc(Br)c(C(F)(F)F)c1)c1cnc(Cl)c(Cl)c1. The molecule has 1 amide bonds. The predicted molar refractivity (Wildman–Crippen MR) is 81.4 cm³/mol. The molecule has 116 valence electrons. The highest BCUT2D eigenvalue weighted by atomic mass is 79.9. The summed E-state index contributed by atoms with van der Waals surface area (Å²) in [4.78, 5) is 15.7. The number of carbonyl (C=O) groups excluding carboxylic acids is 1. The molecule has 0 aliphatic carbocycles. The van der Waals surface area contributed by atoms with Crippen LogP contribution in [-0.2, 0) is 6.18 Å². The molecular formula is C13H6BrCl2F3N2O. The zero-order valence-corrected chi connectivity index (χ0v) is 13.6.